The van der Waals surface area contributed by atoms with Gasteiger partial charge in [-0.2, -0.15) is 0 Å². The third kappa shape index (κ3) is 2.17. The first kappa shape index (κ1) is 8.91. The molecule has 1 aromatic carbocycles. The lowest BCUT2D eigenvalue weighted by Gasteiger charge is -2.26. The molecule has 0 unspecified atom stereocenters. The third-order valence-corrected chi connectivity index (χ3v) is 3.28. The Labute approximate surface area is 82.7 Å². The van der Waals surface area contributed by atoms with E-state index in [4.69, 9.17) is 4.74 Å². The zero-order valence-corrected chi connectivity index (χ0v) is 8.43. The standard InChI is InChI=1S/C10H13NOS/c1-12-8-3-2-4-9(5-8)13-10-6-11-7-10/h2-5,10-11H,6-7H2,1H3. The number of hydrogen-bond donors (Lipinski definition) is 1. The van der Waals surface area contributed by atoms with Gasteiger partial charge in [0.1, 0.15) is 5.75 Å². The van der Waals surface area contributed by atoms with Crippen molar-refractivity contribution in [2.24, 2.45) is 0 Å². The van der Waals surface area contributed by atoms with Crippen molar-refractivity contribution >= 4 is 11.8 Å². The maximum absolute atomic E-state index is 5.16. The van der Waals surface area contributed by atoms with E-state index < -0.39 is 0 Å². The van der Waals surface area contributed by atoms with E-state index in [2.05, 4.69) is 17.4 Å². The first-order valence-electron chi connectivity index (χ1n) is 4.40. The average Bonchev–Trinajstić information content (AvgIpc) is 2.12. The summed E-state index contributed by atoms with van der Waals surface area (Å²) >= 11 is 1.92. The van der Waals surface area contributed by atoms with Crippen LogP contribution in [0.4, 0.5) is 0 Å². The second-order valence-electron chi connectivity index (χ2n) is 3.08. The minimum Gasteiger partial charge on any atom is -0.497 e. The zero-order valence-electron chi connectivity index (χ0n) is 7.62. The zero-order chi connectivity index (χ0) is 9.10. The summed E-state index contributed by atoms with van der Waals surface area (Å²) in [5.41, 5.74) is 0. The number of nitrogens with one attached hydrogen (secondary N) is 1. The summed E-state index contributed by atoms with van der Waals surface area (Å²) in [4.78, 5) is 1.30. The van der Waals surface area contributed by atoms with Crippen LogP contribution >= 0.6 is 11.8 Å². The van der Waals surface area contributed by atoms with Gasteiger partial charge in [-0.05, 0) is 18.2 Å². The minimum absolute atomic E-state index is 0.743. The number of ether oxygens (including phenoxy) is 1. The van der Waals surface area contributed by atoms with Gasteiger partial charge in [0.15, 0.2) is 0 Å². The smallest absolute Gasteiger partial charge is 0.119 e. The molecule has 13 heavy (non-hydrogen) atoms. The van der Waals surface area contributed by atoms with Gasteiger partial charge in [0.2, 0.25) is 0 Å². The van der Waals surface area contributed by atoms with Gasteiger partial charge >= 0.3 is 0 Å². The van der Waals surface area contributed by atoms with Crippen LogP contribution in [0.15, 0.2) is 29.2 Å². The molecule has 0 bridgehead atoms. The molecule has 1 saturated heterocycles. The normalized spacial score (nSPS) is 16.7. The Morgan fingerprint density at radius 2 is 2.31 bits per heavy atom. The van der Waals surface area contributed by atoms with Crippen LogP contribution in [0.2, 0.25) is 0 Å². The van der Waals surface area contributed by atoms with Crippen LogP contribution in [0.25, 0.3) is 0 Å². The van der Waals surface area contributed by atoms with Crippen molar-refractivity contribution in [2.45, 2.75) is 10.1 Å². The summed E-state index contributed by atoms with van der Waals surface area (Å²) in [6, 6.07) is 8.23. The van der Waals surface area contributed by atoms with E-state index in [9.17, 15) is 0 Å². The van der Waals surface area contributed by atoms with Gasteiger partial charge in [-0.15, -0.1) is 11.8 Å². The predicted octanol–water partition coefficient (Wildman–Crippen LogP) is 1.76. The van der Waals surface area contributed by atoms with Crippen LogP contribution in [0.3, 0.4) is 0 Å². The van der Waals surface area contributed by atoms with E-state index in [1.165, 1.54) is 4.90 Å². The van der Waals surface area contributed by atoms with Crippen molar-refractivity contribution in [3.63, 3.8) is 0 Å². The Morgan fingerprint density at radius 3 is 2.92 bits per heavy atom. The largest absolute Gasteiger partial charge is 0.497 e. The Bertz CT molecular complexity index is 286. The molecule has 0 saturated carbocycles. The highest BCUT2D eigenvalue weighted by Crippen LogP contribution is 2.28. The SMILES string of the molecule is COc1cccc(SC2CNC2)c1. The quantitative estimate of drug-likeness (QED) is 0.794. The summed E-state index contributed by atoms with van der Waals surface area (Å²) < 4.78 is 5.16. The molecule has 3 heteroatoms. The highest BCUT2D eigenvalue weighted by atomic mass is 32.2. The van der Waals surface area contributed by atoms with Crippen LogP contribution in [0, 0.1) is 0 Å². The molecule has 1 fully saturated rings. The Kier molecular flexibility index (Phi) is 2.76. The molecule has 0 aliphatic carbocycles. The van der Waals surface area contributed by atoms with Crippen LogP contribution in [-0.4, -0.2) is 25.4 Å². The first-order valence-corrected chi connectivity index (χ1v) is 5.28. The van der Waals surface area contributed by atoms with Crippen molar-refractivity contribution in [1.82, 2.24) is 5.32 Å². The number of hydrogen-bond acceptors (Lipinski definition) is 3. The minimum atomic E-state index is 0.743. The molecule has 1 aliphatic rings. The third-order valence-electron chi connectivity index (χ3n) is 2.09. The van der Waals surface area contributed by atoms with Crippen LogP contribution in [-0.2, 0) is 0 Å². The first-order chi connectivity index (χ1) is 6.38. The summed E-state index contributed by atoms with van der Waals surface area (Å²) in [5.74, 6) is 0.942. The second kappa shape index (κ2) is 4.03. The summed E-state index contributed by atoms with van der Waals surface area (Å²) in [6.07, 6.45) is 0. The molecule has 0 spiro atoms. The summed E-state index contributed by atoms with van der Waals surface area (Å²) in [7, 11) is 1.70. The van der Waals surface area contributed by atoms with Gasteiger partial charge in [-0.1, -0.05) is 6.07 Å². The molecule has 1 aromatic rings. The molecular formula is C10H13NOS. The molecule has 70 valence electrons. The fraction of sp³-hybridized carbons (Fsp3) is 0.400. The number of methoxy groups -OCH3 is 1. The fourth-order valence-electron chi connectivity index (χ4n) is 1.21. The van der Waals surface area contributed by atoms with Crippen molar-refractivity contribution in [3.8, 4) is 5.75 Å². The van der Waals surface area contributed by atoms with Crippen molar-refractivity contribution in [3.05, 3.63) is 24.3 Å². The lowest BCUT2D eigenvalue weighted by Crippen LogP contribution is -2.44. The molecule has 1 aliphatic heterocycles. The monoisotopic (exact) mass is 195 g/mol. The number of benzene rings is 1. The number of thioether (sulfide) groups is 1. The Balaban J connectivity index is 2.01. The van der Waals surface area contributed by atoms with E-state index in [0.717, 1.165) is 24.1 Å². The van der Waals surface area contributed by atoms with Crippen LogP contribution in [0.5, 0.6) is 5.75 Å². The van der Waals surface area contributed by atoms with E-state index in [-0.39, 0.29) is 0 Å². The van der Waals surface area contributed by atoms with Gasteiger partial charge in [-0.3, -0.25) is 0 Å². The second-order valence-corrected chi connectivity index (χ2v) is 4.45. The predicted molar refractivity (Wildman–Crippen MR) is 55.5 cm³/mol. The lowest BCUT2D eigenvalue weighted by atomic mass is 10.3. The Morgan fingerprint density at radius 1 is 1.46 bits per heavy atom. The topological polar surface area (TPSA) is 21.3 Å². The van der Waals surface area contributed by atoms with Gasteiger partial charge < -0.3 is 10.1 Å². The maximum Gasteiger partial charge on any atom is 0.119 e. The van der Waals surface area contributed by atoms with Gasteiger partial charge in [0.25, 0.3) is 0 Å². The van der Waals surface area contributed by atoms with E-state index in [1.54, 1.807) is 7.11 Å². The van der Waals surface area contributed by atoms with Gasteiger partial charge in [0, 0.05) is 23.2 Å². The van der Waals surface area contributed by atoms with Crippen molar-refractivity contribution in [2.75, 3.05) is 20.2 Å². The molecule has 1 N–H and O–H groups in total. The molecule has 1 heterocycles. The van der Waals surface area contributed by atoms with Crippen LogP contribution in [0.1, 0.15) is 0 Å². The molecule has 0 radical (unpaired) electrons. The summed E-state index contributed by atoms with van der Waals surface area (Å²) in [5, 5.41) is 4.00. The Hall–Kier alpha value is -0.670. The van der Waals surface area contributed by atoms with E-state index in [0.29, 0.717) is 0 Å². The molecular weight excluding hydrogens is 182 g/mol. The van der Waals surface area contributed by atoms with Crippen molar-refractivity contribution < 1.29 is 4.74 Å². The molecule has 0 aromatic heterocycles. The average molecular weight is 195 g/mol. The molecule has 0 amide bonds. The molecule has 0 atom stereocenters. The highest BCUT2D eigenvalue weighted by molar-refractivity contribution is 8.00. The lowest BCUT2D eigenvalue weighted by molar-refractivity contribution is 0.413. The number of rotatable bonds is 3. The molecule has 2 rings (SSSR count). The maximum atomic E-state index is 5.16. The van der Waals surface area contributed by atoms with E-state index >= 15 is 0 Å². The molecule has 2 nitrogen and oxygen atoms in total. The fourth-order valence-corrected chi connectivity index (χ4v) is 2.34. The summed E-state index contributed by atoms with van der Waals surface area (Å²) in [6.45, 7) is 2.25. The van der Waals surface area contributed by atoms with Gasteiger partial charge in [0.05, 0.1) is 7.11 Å². The van der Waals surface area contributed by atoms with E-state index in [1.807, 2.05) is 23.9 Å². The van der Waals surface area contributed by atoms with Crippen LogP contribution < -0.4 is 10.1 Å². The van der Waals surface area contributed by atoms with Crippen molar-refractivity contribution in [1.29, 1.82) is 0 Å². The highest BCUT2D eigenvalue weighted by Gasteiger charge is 2.17. The van der Waals surface area contributed by atoms with Gasteiger partial charge in [-0.25, -0.2) is 0 Å².